The van der Waals surface area contributed by atoms with E-state index in [1.807, 2.05) is 36.9 Å². The van der Waals surface area contributed by atoms with Crippen molar-refractivity contribution in [2.75, 3.05) is 18.6 Å². The summed E-state index contributed by atoms with van der Waals surface area (Å²) in [5, 5.41) is 0. The van der Waals surface area contributed by atoms with E-state index in [9.17, 15) is 4.79 Å². The first kappa shape index (κ1) is 15.2. The van der Waals surface area contributed by atoms with Gasteiger partial charge in [0.1, 0.15) is 12.4 Å². The number of carbonyl (C=O) groups is 1. The van der Waals surface area contributed by atoms with Gasteiger partial charge in [0.15, 0.2) is 11.5 Å². The van der Waals surface area contributed by atoms with Crippen LogP contribution in [0.1, 0.15) is 37.7 Å². The zero-order chi connectivity index (χ0) is 14.4. The summed E-state index contributed by atoms with van der Waals surface area (Å²) >= 11 is 1.95. The Hall–Kier alpha value is -1.16. The van der Waals surface area contributed by atoms with Crippen molar-refractivity contribution in [1.29, 1.82) is 0 Å². The lowest BCUT2D eigenvalue weighted by Gasteiger charge is -2.24. The van der Waals surface area contributed by atoms with E-state index in [-0.39, 0.29) is 12.0 Å². The second kappa shape index (κ2) is 7.58. The highest BCUT2D eigenvalue weighted by molar-refractivity contribution is 7.99. The Bertz CT molecular complexity index is 441. The topological polar surface area (TPSA) is 35.5 Å². The maximum Gasteiger partial charge on any atom is 0.161 e. The van der Waals surface area contributed by atoms with Crippen LogP contribution in [0.15, 0.2) is 18.2 Å². The van der Waals surface area contributed by atoms with Gasteiger partial charge in [0, 0.05) is 12.2 Å². The molecule has 0 amide bonds. The summed E-state index contributed by atoms with van der Waals surface area (Å²) in [5.74, 6) is 4.06. The van der Waals surface area contributed by atoms with E-state index in [0.717, 1.165) is 35.5 Å². The Balaban J connectivity index is 2.10. The smallest absolute Gasteiger partial charge is 0.161 e. The number of ether oxygens (including phenoxy) is 2. The molecule has 4 heteroatoms. The van der Waals surface area contributed by atoms with Crippen LogP contribution < -0.4 is 9.47 Å². The van der Waals surface area contributed by atoms with E-state index >= 15 is 0 Å². The average Bonchev–Trinajstić information content (AvgIpc) is 2.49. The largest absolute Gasteiger partial charge is 0.493 e. The Morgan fingerprint density at radius 3 is 2.95 bits per heavy atom. The number of hydrogen-bond donors (Lipinski definition) is 0. The van der Waals surface area contributed by atoms with Crippen LogP contribution in [0.2, 0.25) is 0 Å². The van der Waals surface area contributed by atoms with Crippen molar-refractivity contribution >= 4 is 18.0 Å². The molecule has 0 aromatic heterocycles. The predicted octanol–water partition coefficient (Wildman–Crippen LogP) is 3.66. The highest BCUT2D eigenvalue weighted by Gasteiger charge is 2.18. The standard InChI is InChI=1S/C16H22O3S/c1-12(7-8-17)13-5-6-15(16(10-13)18-2)19-14-4-3-9-20-11-14/h5-6,8,10,12,14H,3-4,7,9,11H2,1-2H3. The highest BCUT2D eigenvalue weighted by atomic mass is 32.2. The lowest BCUT2D eigenvalue weighted by Crippen LogP contribution is -2.23. The predicted molar refractivity (Wildman–Crippen MR) is 83.1 cm³/mol. The number of aldehydes is 1. The van der Waals surface area contributed by atoms with Crippen molar-refractivity contribution < 1.29 is 14.3 Å². The molecule has 2 unspecified atom stereocenters. The van der Waals surface area contributed by atoms with Crippen molar-refractivity contribution in [2.24, 2.45) is 0 Å². The molecule has 0 N–H and O–H groups in total. The van der Waals surface area contributed by atoms with Crippen molar-refractivity contribution in [2.45, 2.75) is 38.2 Å². The fraction of sp³-hybridized carbons (Fsp3) is 0.562. The van der Waals surface area contributed by atoms with Crippen LogP contribution in [0.3, 0.4) is 0 Å². The number of methoxy groups -OCH3 is 1. The molecule has 1 aliphatic heterocycles. The molecule has 0 saturated carbocycles. The summed E-state index contributed by atoms with van der Waals surface area (Å²) in [6.45, 7) is 2.04. The minimum absolute atomic E-state index is 0.209. The number of benzene rings is 1. The minimum Gasteiger partial charge on any atom is -0.493 e. The lowest BCUT2D eigenvalue weighted by molar-refractivity contribution is -0.108. The Morgan fingerprint density at radius 1 is 1.45 bits per heavy atom. The van der Waals surface area contributed by atoms with Crippen molar-refractivity contribution in [3.05, 3.63) is 23.8 Å². The van der Waals surface area contributed by atoms with Gasteiger partial charge in [0.25, 0.3) is 0 Å². The molecule has 2 rings (SSSR count). The van der Waals surface area contributed by atoms with Crippen LogP contribution in [0.4, 0.5) is 0 Å². The maximum absolute atomic E-state index is 10.6. The molecule has 1 aromatic rings. The third kappa shape index (κ3) is 3.92. The van der Waals surface area contributed by atoms with Gasteiger partial charge < -0.3 is 14.3 Å². The quantitative estimate of drug-likeness (QED) is 0.750. The minimum atomic E-state index is 0.209. The Morgan fingerprint density at radius 2 is 2.30 bits per heavy atom. The molecule has 0 radical (unpaired) electrons. The Labute approximate surface area is 125 Å². The first-order chi connectivity index (χ1) is 9.74. The third-order valence-corrected chi connectivity index (χ3v) is 4.80. The number of carbonyl (C=O) groups excluding carboxylic acids is 1. The van der Waals surface area contributed by atoms with Crippen molar-refractivity contribution in [3.63, 3.8) is 0 Å². The van der Waals surface area contributed by atoms with E-state index in [2.05, 4.69) is 0 Å². The molecule has 1 aromatic carbocycles. The van der Waals surface area contributed by atoms with Crippen LogP contribution in [0, 0.1) is 0 Å². The molecule has 0 aliphatic carbocycles. The first-order valence-corrected chi connectivity index (χ1v) is 8.26. The summed E-state index contributed by atoms with van der Waals surface area (Å²) in [6, 6.07) is 5.98. The number of thioether (sulfide) groups is 1. The van der Waals surface area contributed by atoms with E-state index in [1.165, 1.54) is 12.2 Å². The van der Waals surface area contributed by atoms with Gasteiger partial charge in [0.2, 0.25) is 0 Å². The first-order valence-electron chi connectivity index (χ1n) is 7.10. The van der Waals surface area contributed by atoms with E-state index < -0.39 is 0 Å². The fourth-order valence-corrected chi connectivity index (χ4v) is 3.39. The molecule has 20 heavy (non-hydrogen) atoms. The zero-order valence-electron chi connectivity index (χ0n) is 12.1. The second-order valence-electron chi connectivity index (χ2n) is 5.17. The monoisotopic (exact) mass is 294 g/mol. The molecule has 0 spiro atoms. The summed E-state index contributed by atoms with van der Waals surface area (Å²) in [6.07, 6.45) is 4.09. The van der Waals surface area contributed by atoms with Crippen LogP contribution in [0.5, 0.6) is 11.5 Å². The maximum atomic E-state index is 10.6. The van der Waals surface area contributed by atoms with Gasteiger partial charge in [-0.1, -0.05) is 13.0 Å². The molecule has 3 nitrogen and oxygen atoms in total. The average molecular weight is 294 g/mol. The van der Waals surface area contributed by atoms with E-state index in [1.54, 1.807) is 7.11 Å². The zero-order valence-corrected chi connectivity index (χ0v) is 12.9. The molecule has 2 atom stereocenters. The van der Waals surface area contributed by atoms with Gasteiger partial charge in [-0.25, -0.2) is 0 Å². The summed E-state index contributed by atoms with van der Waals surface area (Å²) in [7, 11) is 1.66. The van der Waals surface area contributed by atoms with Gasteiger partial charge >= 0.3 is 0 Å². The molecule has 1 saturated heterocycles. The van der Waals surface area contributed by atoms with Gasteiger partial charge in [-0.2, -0.15) is 11.8 Å². The van der Waals surface area contributed by atoms with Crippen LogP contribution in [-0.2, 0) is 4.79 Å². The number of hydrogen-bond acceptors (Lipinski definition) is 4. The SMILES string of the molecule is COc1cc(C(C)CC=O)ccc1OC1CCCSC1. The normalized spacial score (nSPS) is 20.2. The lowest BCUT2D eigenvalue weighted by atomic mass is 9.98. The molecule has 1 fully saturated rings. The molecule has 110 valence electrons. The molecular formula is C16H22O3S. The van der Waals surface area contributed by atoms with Crippen LogP contribution in [-0.4, -0.2) is 31.0 Å². The van der Waals surface area contributed by atoms with Crippen molar-refractivity contribution in [3.8, 4) is 11.5 Å². The summed E-state index contributed by atoms with van der Waals surface area (Å²) < 4.78 is 11.5. The van der Waals surface area contributed by atoms with E-state index in [0.29, 0.717) is 6.42 Å². The number of rotatable bonds is 6. The fourth-order valence-electron chi connectivity index (χ4n) is 2.35. The van der Waals surface area contributed by atoms with E-state index in [4.69, 9.17) is 9.47 Å². The van der Waals surface area contributed by atoms with Gasteiger partial charge in [0.05, 0.1) is 7.11 Å². The van der Waals surface area contributed by atoms with Gasteiger partial charge in [-0.05, 0) is 42.2 Å². The molecular weight excluding hydrogens is 272 g/mol. The summed E-state index contributed by atoms with van der Waals surface area (Å²) in [5.41, 5.74) is 1.11. The Kier molecular flexibility index (Phi) is 5.77. The van der Waals surface area contributed by atoms with Gasteiger partial charge in [-0.3, -0.25) is 0 Å². The molecule has 0 bridgehead atoms. The summed E-state index contributed by atoms with van der Waals surface area (Å²) in [4.78, 5) is 10.6. The van der Waals surface area contributed by atoms with Crippen molar-refractivity contribution in [1.82, 2.24) is 0 Å². The van der Waals surface area contributed by atoms with Crippen LogP contribution in [0.25, 0.3) is 0 Å². The second-order valence-corrected chi connectivity index (χ2v) is 6.32. The molecule has 1 heterocycles. The van der Waals surface area contributed by atoms with Crippen LogP contribution >= 0.6 is 11.8 Å². The third-order valence-electron chi connectivity index (χ3n) is 3.62. The highest BCUT2D eigenvalue weighted by Crippen LogP contribution is 2.33. The van der Waals surface area contributed by atoms with Gasteiger partial charge in [-0.15, -0.1) is 0 Å². The molecule has 1 aliphatic rings.